The molecular weight excluding hydrogens is 276 g/mol. The van der Waals surface area contributed by atoms with E-state index >= 15 is 0 Å². The van der Waals surface area contributed by atoms with Crippen LogP contribution in [-0.2, 0) is 4.74 Å². The van der Waals surface area contributed by atoms with Gasteiger partial charge in [0, 0.05) is 35.7 Å². The third kappa shape index (κ3) is 2.43. The molecule has 0 aliphatic rings. The average molecular weight is 288 g/mol. The lowest BCUT2D eigenvalue weighted by atomic mass is 10.2. The SMILES string of the molecule is COCOc1ccc2c(=O)cc(-n3cccn3)sc2c1. The minimum absolute atomic E-state index is 0.0254. The summed E-state index contributed by atoms with van der Waals surface area (Å²) in [5, 5.41) is 5.59. The van der Waals surface area contributed by atoms with Crippen LogP contribution >= 0.6 is 11.3 Å². The van der Waals surface area contributed by atoms with Crippen LogP contribution in [0.25, 0.3) is 15.1 Å². The van der Waals surface area contributed by atoms with Gasteiger partial charge in [-0.1, -0.05) is 0 Å². The second kappa shape index (κ2) is 5.44. The average Bonchev–Trinajstić information content (AvgIpc) is 2.99. The van der Waals surface area contributed by atoms with Crippen molar-refractivity contribution in [1.29, 1.82) is 0 Å². The Bertz CT molecular complexity index is 781. The van der Waals surface area contributed by atoms with Crippen molar-refractivity contribution in [2.45, 2.75) is 0 Å². The van der Waals surface area contributed by atoms with Crippen molar-refractivity contribution < 1.29 is 9.47 Å². The molecule has 0 spiro atoms. The van der Waals surface area contributed by atoms with Crippen molar-refractivity contribution in [1.82, 2.24) is 9.78 Å². The smallest absolute Gasteiger partial charge is 0.190 e. The second-order valence-electron chi connectivity index (χ2n) is 4.11. The van der Waals surface area contributed by atoms with E-state index < -0.39 is 0 Å². The van der Waals surface area contributed by atoms with Gasteiger partial charge in [0.25, 0.3) is 0 Å². The third-order valence-electron chi connectivity index (χ3n) is 2.76. The maximum absolute atomic E-state index is 12.1. The summed E-state index contributed by atoms with van der Waals surface area (Å²) in [5.41, 5.74) is -0.0254. The number of rotatable bonds is 4. The molecule has 0 amide bonds. The molecule has 0 unspecified atom stereocenters. The van der Waals surface area contributed by atoms with Gasteiger partial charge in [0.2, 0.25) is 0 Å². The van der Waals surface area contributed by atoms with Crippen molar-refractivity contribution >= 4 is 21.4 Å². The van der Waals surface area contributed by atoms with Gasteiger partial charge in [0.1, 0.15) is 10.8 Å². The van der Waals surface area contributed by atoms with E-state index in [1.165, 1.54) is 11.3 Å². The third-order valence-corrected chi connectivity index (χ3v) is 3.83. The summed E-state index contributed by atoms with van der Waals surface area (Å²) in [6, 6.07) is 8.79. The first-order valence-electron chi connectivity index (χ1n) is 5.97. The minimum atomic E-state index is -0.0254. The summed E-state index contributed by atoms with van der Waals surface area (Å²) in [4.78, 5) is 12.1. The molecule has 0 bridgehead atoms. The summed E-state index contributed by atoms with van der Waals surface area (Å²) in [5.74, 6) is 0.674. The Morgan fingerprint density at radius 2 is 2.25 bits per heavy atom. The first-order chi connectivity index (χ1) is 9.78. The zero-order valence-corrected chi connectivity index (χ0v) is 11.6. The van der Waals surface area contributed by atoms with Crippen molar-refractivity contribution in [3.05, 3.63) is 52.9 Å². The Morgan fingerprint density at radius 1 is 1.35 bits per heavy atom. The van der Waals surface area contributed by atoms with Gasteiger partial charge in [-0.05, 0) is 24.3 Å². The Morgan fingerprint density at radius 3 is 3.00 bits per heavy atom. The lowest BCUT2D eigenvalue weighted by molar-refractivity contribution is 0.0512. The van der Waals surface area contributed by atoms with E-state index in [0.717, 1.165) is 9.70 Å². The summed E-state index contributed by atoms with van der Waals surface area (Å²) < 4.78 is 12.8. The van der Waals surface area contributed by atoms with Crippen LogP contribution in [0.1, 0.15) is 0 Å². The van der Waals surface area contributed by atoms with E-state index in [4.69, 9.17) is 9.47 Å². The molecule has 0 saturated heterocycles. The molecule has 0 aliphatic carbocycles. The number of hydrogen-bond donors (Lipinski definition) is 0. The van der Waals surface area contributed by atoms with E-state index in [1.807, 2.05) is 18.3 Å². The number of ether oxygens (including phenoxy) is 2. The topological polar surface area (TPSA) is 53.4 Å². The molecule has 2 aromatic heterocycles. The second-order valence-corrected chi connectivity index (χ2v) is 5.17. The molecule has 6 heteroatoms. The van der Waals surface area contributed by atoms with Gasteiger partial charge < -0.3 is 9.47 Å². The monoisotopic (exact) mass is 288 g/mol. The quantitative estimate of drug-likeness (QED) is 0.692. The molecule has 0 saturated carbocycles. The van der Waals surface area contributed by atoms with E-state index in [0.29, 0.717) is 11.1 Å². The van der Waals surface area contributed by atoms with Gasteiger partial charge in [-0.2, -0.15) is 5.10 Å². The minimum Gasteiger partial charge on any atom is -0.468 e. The Labute approximate surface area is 119 Å². The highest BCUT2D eigenvalue weighted by Crippen LogP contribution is 2.25. The standard InChI is InChI=1S/C14H12N2O3S/c1-18-9-19-10-3-4-11-12(17)8-14(20-13(11)7-10)16-6-2-5-15-16/h2-8H,9H2,1H3. The van der Waals surface area contributed by atoms with Gasteiger partial charge in [-0.25, -0.2) is 4.68 Å². The molecule has 0 atom stereocenters. The van der Waals surface area contributed by atoms with Crippen LogP contribution in [0.3, 0.4) is 0 Å². The number of methoxy groups -OCH3 is 1. The fourth-order valence-electron chi connectivity index (χ4n) is 1.85. The maximum atomic E-state index is 12.1. The van der Waals surface area contributed by atoms with Crippen LogP contribution in [0.2, 0.25) is 0 Å². The van der Waals surface area contributed by atoms with E-state index in [-0.39, 0.29) is 12.2 Å². The highest BCUT2D eigenvalue weighted by Gasteiger charge is 2.06. The fourth-order valence-corrected chi connectivity index (χ4v) is 2.90. The van der Waals surface area contributed by atoms with Crippen LogP contribution in [0.5, 0.6) is 5.75 Å². The molecule has 3 aromatic rings. The molecule has 0 aliphatic heterocycles. The van der Waals surface area contributed by atoms with Crippen molar-refractivity contribution in [2.75, 3.05) is 13.9 Å². The normalized spacial score (nSPS) is 10.8. The van der Waals surface area contributed by atoms with Gasteiger partial charge in [-0.15, -0.1) is 11.3 Å². The first kappa shape index (κ1) is 12.8. The molecule has 102 valence electrons. The van der Waals surface area contributed by atoms with Crippen LogP contribution in [0.15, 0.2) is 47.5 Å². The summed E-state index contributed by atoms with van der Waals surface area (Å²) in [6.45, 7) is 0.180. The summed E-state index contributed by atoms with van der Waals surface area (Å²) in [7, 11) is 1.56. The van der Waals surface area contributed by atoms with Gasteiger partial charge in [0.15, 0.2) is 12.2 Å². The molecule has 20 heavy (non-hydrogen) atoms. The molecule has 3 rings (SSSR count). The van der Waals surface area contributed by atoms with Crippen molar-refractivity contribution in [3.8, 4) is 10.8 Å². The molecule has 5 nitrogen and oxygen atoms in total. The number of nitrogens with zero attached hydrogens (tertiary/aromatic N) is 2. The number of fused-ring (bicyclic) bond motifs is 1. The molecule has 0 fully saturated rings. The predicted octanol–water partition coefficient (Wildman–Crippen LogP) is 2.43. The zero-order chi connectivity index (χ0) is 13.9. The van der Waals surface area contributed by atoms with E-state index in [2.05, 4.69) is 5.10 Å². The zero-order valence-electron chi connectivity index (χ0n) is 10.8. The Hall–Kier alpha value is -2.18. The largest absolute Gasteiger partial charge is 0.468 e. The van der Waals surface area contributed by atoms with Gasteiger partial charge in [-0.3, -0.25) is 4.79 Å². The van der Waals surface area contributed by atoms with Crippen molar-refractivity contribution in [2.24, 2.45) is 0 Å². The first-order valence-corrected chi connectivity index (χ1v) is 6.79. The molecular formula is C14H12N2O3S. The lowest BCUT2D eigenvalue weighted by Gasteiger charge is -2.06. The molecule has 2 heterocycles. The number of benzene rings is 1. The van der Waals surface area contributed by atoms with Crippen LogP contribution < -0.4 is 10.2 Å². The summed E-state index contributed by atoms with van der Waals surface area (Å²) in [6.07, 6.45) is 3.49. The van der Waals surface area contributed by atoms with Gasteiger partial charge >= 0.3 is 0 Å². The highest BCUT2D eigenvalue weighted by molar-refractivity contribution is 7.20. The van der Waals surface area contributed by atoms with Crippen molar-refractivity contribution in [3.63, 3.8) is 0 Å². The highest BCUT2D eigenvalue weighted by atomic mass is 32.1. The fraction of sp³-hybridized carbons (Fsp3) is 0.143. The Balaban J connectivity index is 2.10. The Kier molecular flexibility index (Phi) is 3.49. The summed E-state index contributed by atoms with van der Waals surface area (Å²) >= 11 is 1.49. The predicted molar refractivity (Wildman–Crippen MR) is 77.7 cm³/mol. The molecule has 0 radical (unpaired) electrons. The van der Waals surface area contributed by atoms with E-state index in [1.54, 1.807) is 36.2 Å². The van der Waals surface area contributed by atoms with Crippen LogP contribution in [0.4, 0.5) is 0 Å². The molecule has 1 aromatic carbocycles. The molecule has 0 N–H and O–H groups in total. The van der Waals surface area contributed by atoms with Crippen LogP contribution in [-0.4, -0.2) is 23.7 Å². The van der Waals surface area contributed by atoms with Crippen LogP contribution in [0, 0.1) is 0 Å². The number of hydrogen-bond acceptors (Lipinski definition) is 5. The lowest BCUT2D eigenvalue weighted by Crippen LogP contribution is -2.04. The van der Waals surface area contributed by atoms with Gasteiger partial charge in [0.05, 0.1) is 0 Å². The maximum Gasteiger partial charge on any atom is 0.190 e. The van der Waals surface area contributed by atoms with E-state index in [9.17, 15) is 4.79 Å². The number of aromatic nitrogens is 2.